The lowest BCUT2D eigenvalue weighted by atomic mass is 10.0. The van der Waals surface area contributed by atoms with Crippen LogP contribution >= 0.6 is 23.1 Å². The molecule has 7 nitrogen and oxygen atoms in total. The van der Waals surface area contributed by atoms with Crippen LogP contribution in [0.4, 0.5) is 0 Å². The summed E-state index contributed by atoms with van der Waals surface area (Å²) in [6.45, 7) is 1.85. The Labute approximate surface area is 162 Å². The fourth-order valence-corrected chi connectivity index (χ4v) is 5.22. The molecule has 138 valence electrons. The van der Waals surface area contributed by atoms with E-state index in [9.17, 15) is 4.79 Å². The molecule has 0 saturated carbocycles. The summed E-state index contributed by atoms with van der Waals surface area (Å²) in [6, 6.07) is 3.41. The molecule has 0 unspecified atom stereocenters. The van der Waals surface area contributed by atoms with Gasteiger partial charge in [0.15, 0.2) is 4.96 Å². The first-order chi connectivity index (χ1) is 13.2. The van der Waals surface area contributed by atoms with Crippen molar-refractivity contribution in [2.45, 2.75) is 43.6 Å². The van der Waals surface area contributed by atoms with Crippen molar-refractivity contribution in [2.75, 3.05) is 0 Å². The number of hydrogen-bond acceptors (Lipinski definition) is 8. The first-order valence-corrected chi connectivity index (χ1v) is 10.5. The molecule has 4 aromatic rings. The number of thiazole rings is 1. The number of furan rings is 1. The van der Waals surface area contributed by atoms with Crippen molar-refractivity contribution >= 4 is 28.1 Å². The molecule has 0 aliphatic heterocycles. The third-order valence-electron chi connectivity index (χ3n) is 4.65. The van der Waals surface area contributed by atoms with Gasteiger partial charge >= 0.3 is 0 Å². The van der Waals surface area contributed by atoms with Gasteiger partial charge in [-0.15, -0.1) is 21.5 Å². The summed E-state index contributed by atoms with van der Waals surface area (Å²) in [6.07, 6.45) is 5.93. The predicted molar refractivity (Wildman–Crippen MR) is 102 cm³/mol. The molecule has 4 aromatic heterocycles. The molecule has 5 rings (SSSR count). The molecular weight excluding hydrogens is 384 g/mol. The molecule has 0 atom stereocenters. The van der Waals surface area contributed by atoms with E-state index in [0.29, 0.717) is 16.9 Å². The Morgan fingerprint density at radius 2 is 2.19 bits per heavy atom. The van der Waals surface area contributed by atoms with Crippen molar-refractivity contribution in [3.63, 3.8) is 0 Å². The van der Waals surface area contributed by atoms with E-state index in [-0.39, 0.29) is 5.56 Å². The lowest BCUT2D eigenvalue weighted by molar-refractivity contribution is 0.463. The zero-order valence-electron chi connectivity index (χ0n) is 14.6. The van der Waals surface area contributed by atoms with Crippen molar-refractivity contribution < 1.29 is 8.83 Å². The predicted octanol–water partition coefficient (Wildman–Crippen LogP) is 3.88. The van der Waals surface area contributed by atoms with Crippen LogP contribution < -0.4 is 5.56 Å². The fourth-order valence-electron chi connectivity index (χ4n) is 3.34. The van der Waals surface area contributed by atoms with E-state index in [0.717, 1.165) is 46.9 Å². The largest absolute Gasteiger partial charge is 0.469 e. The summed E-state index contributed by atoms with van der Waals surface area (Å²) in [5, 5.41) is 8.57. The minimum absolute atomic E-state index is 0.00441. The third kappa shape index (κ3) is 3.00. The molecule has 0 radical (unpaired) electrons. The molecule has 0 N–H and O–H groups in total. The molecule has 0 spiro atoms. The van der Waals surface area contributed by atoms with E-state index >= 15 is 0 Å². The Morgan fingerprint density at radius 3 is 3.04 bits per heavy atom. The van der Waals surface area contributed by atoms with Gasteiger partial charge in [-0.25, -0.2) is 4.98 Å². The van der Waals surface area contributed by atoms with E-state index in [1.165, 1.54) is 23.1 Å². The van der Waals surface area contributed by atoms with Crippen LogP contribution in [0.25, 0.3) is 16.4 Å². The smallest absolute Gasteiger partial charge is 0.277 e. The Balaban J connectivity index is 1.39. The summed E-state index contributed by atoms with van der Waals surface area (Å²) in [5.41, 5.74) is 2.66. The normalized spacial score (nSPS) is 14.0. The number of aryl methyl sites for hydroxylation is 3. The van der Waals surface area contributed by atoms with Crippen LogP contribution in [0.15, 0.2) is 37.2 Å². The van der Waals surface area contributed by atoms with Crippen LogP contribution in [0.2, 0.25) is 0 Å². The van der Waals surface area contributed by atoms with Crippen LogP contribution in [-0.2, 0) is 18.6 Å². The summed E-state index contributed by atoms with van der Waals surface area (Å²) in [5.74, 6) is 1.66. The van der Waals surface area contributed by atoms with E-state index in [2.05, 4.69) is 15.2 Å². The van der Waals surface area contributed by atoms with Gasteiger partial charge in [0.1, 0.15) is 5.76 Å². The van der Waals surface area contributed by atoms with Crippen molar-refractivity contribution in [3.8, 4) is 11.5 Å². The van der Waals surface area contributed by atoms with Crippen molar-refractivity contribution in [1.82, 2.24) is 19.6 Å². The van der Waals surface area contributed by atoms with Crippen LogP contribution in [0.5, 0.6) is 0 Å². The van der Waals surface area contributed by atoms with Crippen LogP contribution in [-0.4, -0.2) is 19.6 Å². The SMILES string of the molecule is Cc1occc1-c1nnc(SCc2cc(=O)n3c4c(sc3n2)CCCC4)o1. The van der Waals surface area contributed by atoms with Crippen molar-refractivity contribution in [3.05, 3.63) is 50.8 Å². The van der Waals surface area contributed by atoms with Crippen LogP contribution in [0, 0.1) is 6.92 Å². The highest BCUT2D eigenvalue weighted by Crippen LogP contribution is 2.30. The molecular formula is C18H16N4O3S2. The van der Waals surface area contributed by atoms with Gasteiger partial charge in [0.05, 0.1) is 17.5 Å². The van der Waals surface area contributed by atoms with Crippen molar-refractivity contribution in [1.29, 1.82) is 0 Å². The monoisotopic (exact) mass is 400 g/mol. The molecule has 27 heavy (non-hydrogen) atoms. The molecule has 4 heterocycles. The maximum absolute atomic E-state index is 12.6. The highest BCUT2D eigenvalue weighted by atomic mass is 32.2. The number of fused-ring (bicyclic) bond motifs is 3. The molecule has 9 heteroatoms. The first-order valence-electron chi connectivity index (χ1n) is 8.73. The van der Waals surface area contributed by atoms with E-state index < -0.39 is 0 Å². The zero-order chi connectivity index (χ0) is 18.4. The van der Waals surface area contributed by atoms with Crippen LogP contribution in [0.1, 0.15) is 34.9 Å². The molecule has 0 aromatic carbocycles. The number of hydrogen-bond donors (Lipinski definition) is 0. The van der Waals surface area contributed by atoms with Gasteiger partial charge in [-0.3, -0.25) is 9.20 Å². The summed E-state index contributed by atoms with van der Waals surface area (Å²) < 4.78 is 12.7. The molecule has 0 saturated heterocycles. The summed E-state index contributed by atoms with van der Waals surface area (Å²) in [7, 11) is 0. The number of thioether (sulfide) groups is 1. The van der Waals surface area contributed by atoms with E-state index in [1.54, 1.807) is 34.1 Å². The average Bonchev–Trinajstić information content (AvgIpc) is 3.37. The third-order valence-corrected chi connectivity index (χ3v) is 6.65. The lowest BCUT2D eigenvalue weighted by Crippen LogP contribution is -2.17. The number of rotatable bonds is 4. The maximum Gasteiger partial charge on any atom is 0.277 e. The zero-order valence-corrected chi connectivity index (χ0v) is 16.2. The number of aromatic nitrogens is 4. The topological polar surface area (TPSA) is 86.4 Å². The standard InChI is InChI=1S/C18H16N4O3S2/c1-10-12(6-7-24-10)16-20-21-18(25-16)26-9-11-8-15(23)22-13-4-2-3-5-14(13)27-17(22)19-11/h6-8H,2-5,9H2,1H3. The summed E-state index contributed by atoms with van der Waals surface area (Å²) in [4.78, 5) is 19.4. The fraction of sp³-hybridized carbons (Fsp3) is 0.333. The second-order valence-corrected chi connectivity index (χ2v) is 8.42. The highest BCUT2D eigenvalue weighted by molar-refractivity contribution is 7.98. The Morgan fingerprint density at radius 1 is 1.30 bits per heavy atom. The molecule has 0 fully saturated rings. The molecule has 0 amide bonds. The van der Waals surface area contributed by atoms with E-state index in [4.69, 9.17) is 8.83 Å². The average molecular weight is 400 g/mol. The van der Waals surface area contributed by atoms with Crippen molar-refractivity contribution in [2.24, 2.45) is 0 Å². The van der Waals surface area contributed by atoms with Crippen LogP contribution in [0.3, 0.4) is 0 Å². The summed E-state index contributed by atoms with van der Waals surface area (Å²) >= 11 is 3.01. The lowest BCUT2D eigenvalue weighted by Gasteiger charge is -2.09. The first kappa shape index (κ1) is 16.8. The highest BCUT2D eigenvalue weighted by Gasteiger charge is 2.19. The molecule has 1 aliphatic carbocycles. The van der Waals surface area contributed by atoms with Gasteiger partial charge in [-0.2, -0.15) is 0 Å². The minimum atomic E-state index is -0.00441. The van der Waals surface area contributed by atoms with Gasteiger partial charge in [0.25, 0.3) is 16.7 Å². The molecule has 0 bridgehead atoms. The second kappa shape index (κ2) is 6.65. The minimum Gasteiger partial charge on any atom is -0.469 e. The Hall–Kier alpha value is -2.39. The van der Waals surface area contributed by atoms with E-state index in [1.807, 2.05) is 6.92 Å². The Kier molecular flexibility index (Phi) is 4.13. The van der Waals surface area contributed by atoms with Gasteiger partial charge in [0.2, 0.25) is 0 Å². The second-order valence-electron chi connectivity index (χ2n) is 6.43. The van der Waals surface area contributed by atoms with Gasteiger partial charge in [-0.1, -0.05) is 11.8 Å². The van der Waals surface area contributed by atoms with Gasteiger partial charge in [-0.05, 0) is 38.7 Å². The quantitative estimate of drug-likeness (QED) is 0.481. The number of nitrogens with zero attached hydrogens (tertiary/aromatic N) is 4. The van der Waals surface area contributed by atoms with Gasteiger partial charge < -0.3 is 8.83 Å². The Bertz CT molecular complexity index is 1190. The molecule has 1 aliphatic rings. The van der Waals surface area contributed by atoms with Gasteiger partial charge in [0, 0.05) is 22.4 Å². The maximum atomic E-state index is 12.6.